The lowest BCUT2D eigenvalue weighted by atomic mass is 9.99. The van der Waals surface area contributed by atoms with Crippen LogP contribution in [-0.4, -0.2) is 0 Å². The van der Waals surface area contributed by atoms with Gasteiger partial charge in [0.1, 0.15) is 5.82 Å². The lowest BCUT2D eigenvalue weighted by Crippen LogP contribution is -2.14. The third kappa shape index (κ3) is 3.22. The summed E-state index contributed by atoms with van der Waals surface area (Å²) >= 11 is 8.17. The summed E-state index contributed by atoms with van der Waals surface area (Å²) < 4.78 is 14.5. The van der Waals surface area contributed by atoms with Crippen molar-refractivity contribution in [3.05, 3.63) is 68.0 Å². The van der Waals surface area contributed by atoms with Crippen molar-refractivity contribution in [2.75, 3.05) is 0 Å². The molecule has 0 aliphatic heterocycles. The number of benzene rings is 2. The smallest absolute Gasteiger partial charge is 0.142 e. The van der Waals surface area contributed by atoms with Crippen molar-refractivity contribution in [1.29, 1.82) is 0 Å². The van der Waals surface area contributed by atoms with Gasteiger partial charge in [-0.2, -0.15) is 0 Å². The molecule has 1 nitrogen and oxygen atoms in total. The van der Waals surface area contributed by atoms with Crippen LogP contribution in [0, 0.1) is 9.39 Å². The van der Waals surface area contributed by atoms with Crippen LogP contribution in [-0.2, 0) is 6.42 Å². The van der Waals surface area contributed by atoms with Crippen LogP contribution >= 0.6 is 34.2 Å². The molecule has 2 aromatic carbocycles. The largest absolute Gasteiger partial charge is 0.324 e. The zero-order chi connectivity index (χ0) is 13.1. The van der Waals surface area contributed by atoms with Crippen molar-refractivity contribution in [2.24, 2.45) is 5.73 Å². The Labute approximate surface area is 124 Å². The molecule has 18 heavy (non-hydrogen) atoms. The van der Waals surface area contributed by atoms with Crippen LogP contribution in [0.15, 0.2) is 42.5 Å². The molecule has 0 bridgehead atoms. The average Bonchev–Trinajstić information content (AvgIpc) is 2.35. The van der Waals surface area contributed by atoms with E-state index in [-0.39, 0.29) is 11.1 Å². The van der Waals surface area contributed by atoms with Crippen molar-refractivity contribution in [1.82, 2.24) is 0 Å². The van der Waals surface area contributed by atoms with Gasteiger partial charge in [-0.05, 0) is 58.3 Å². The van der Waals surface area contributed by atoms with Gasteiger partial charge in [-0.1, -0.05) is 35.9 Å². The van der Waals surface area contributed by atoms with E-state index in [0.717, 1.165) is 5.56 Å². The van der Waals surface area contributed by atoms with E-state index in [2.05, 4.69) is 22.6 Å². The highest BCUT2D eigenvalue weighted by molar-refractivity contribution is 14.1. The second kappa shape index (κ2) is 5.99. The van der Waals surface area contributed by atoms with E-state index in [1.165, 1.54) is 9.64 Å². The Bertz CT molecular complexity index is 542. The van der Waals surface area contributed by atoms with Crippen LogP contribution in [0.25, 0.3) is 0 Å². The molecule has 2 rings (SSSR count). The molecule has 1 atom stereocenters. The number of halogens is 3. The first-order valence-electron chi connectivity index (χ1n) is 5.52. The highest BCUT2D eigenvalue weighted by Crippen LogP contribution is 2.26. The van der Waals surface area contributed by atoms with Crippen molar-refractivity contribution in [3.63, 3.8) is 0 Å². The van der Waals surface area contributed by atoms with E-state index in [9.17, 15) is 4.39 Å². The van der Waals surface area contributed by atoms with Crippen molar-refractivity contribution < 1.29 is 4.39 Å². The van der Waals surface area contributed by atoms with Crippen LogP contribution < -0.4 is 5.73 Å². The fraction of sp³-hybridized carbons (Fsp3) is 0.143. The first-order valence-corrected chi connectivity index (χ1v) is 6.97. The highest BCUT2D eigenvalue weighted by atomic mass is 127. The summed E-state index contributed by atoms with van der Waals surface area (Å²) in [7, 11) is 0. The molecule has 94 valence electrons. The molecule has 1 unspecified atom stereocenters. The van der Waals surface area contributed by atoms with E-state index >= 15 is 0 Å². The highest BCUT2D eigenvalue weighted by Gasteiger charge is 2.13. The predicted octanol–water partition coefficient (Wildman–Crippen LogP) is 4.33. The van der Waals surface area contributed by atoms with Gasteiger partial charge in [-0.25, -0.2) is 4.39 Å². The molecule has 0 aliphatic rings. The molecule has 4 heteroatoms. The van der Waals surface area contributed by atoms with Gasteiger partial charge >= 0.3 is 0 Å². The zero-order valence-electron chi connectivity index (χ0n) is 9.54. The van der Waals surface area contributed by atoms with Crippen LogP contribution in [0.4, 0.5) is 4.39 Å². The monoisotopic (exact) mass is 375 g/mol. The fourth-order valence-corrected chi connectivity index (χ4v) is 2.42. The van der Waals surface area contributed by atoms with Crippen LogP contribution in [0.3, 0.4) is 0 Å². The van der Waals surface area contributed by atoms with Crippen LogP contribution in [0.2, 0.25) is 5.02 Å². The fourth-order valence-electron chi connectivity index (χ4n) is 1.79. The third-order valence-electron chi connectivity index (χ3n) is 2.75. The Morgan fingerprint density at radius 3 is 2.50 bits per heavy atom. The van der Waals surface area contributed by atoms with Crippen molar-refractivity contribution >= 4 is 34.2 Å². The van der Waals surface area contributed by atoms with Gasteiger partial charge in [0.15, 0.2) is 0 Å². The summed E-state index contributed by atoms with van der Waals surface area (Å²) in [4.78, 5) is 0. The van der Waals surface area contributed by atoms with E-state index in [0.29, 0.717) is 12.0 Å². The Kier molecular flexibility index (Phi) is 4.59. The van der Waals surface area contributed by atoms with Gasteiger partial charge in [0, 0.05) is 9.61 Å². The number of hydrogen-bond donors (Lipinski definition) is 1. The molecule has 0 saturated heterocycles. The van der Waals surface area contributed by atoms with Crippen molar-refractivity contribution in [3.8, 4) is 0 Å². The SMILES string of the molecule is NC(Cc1ccc(I)cc1)c1cccc(F)c1Cl. The predicted molar refractivity (Wildman–Crippen MR) is 81.2 cm³/mol. The summed E-state index contributed by atoms with van der Waals surface area (Å²) in [6.45, 7) is 0. The maximum atomic E-state index is 13.3. The Morgan fingerprint density at radius 2 is 1.83 bits per heavy atom. The second-order valence-corrected chi connectivity index (χ2v) is 5.70. The lowest BCUT2D eigenvalue weighted by Gasteiger charge is -2.14. The molecule has 0 amide bonds. The number of rotatable bonds is 3. The molecule has 2 N–H and O–H groups in total. The van der Waals surface area contributed by atoms with Gasteiger partial charge in [-0.3, -0.25) is 0 Å². The van der Waals surface area contributed by atoms with E-state index in [4.69, 9.17) is 17.3 Å². The van der Waals surface area contributed by atoms with E-state index in [1.54, 1.807) is 12.1 Å². The Morgan fingerprint density at radius 1 is 1.17 bits per heavy atom. The maximum absolute atomic E-state index is 13.3. The van der Waals surface area contributed by atoms with E-state index in [1.807, 2.05) is 24.3 Å². The summed E-state index contributed by atoms with van der Waals surface area (Å²) in [5.41, 5.74) is 7.84. The minimum atomic E-state index is -0.424. The van der Waals surface area contributed by atoms with Gasteiger partial charge in [0.05, 0.1) is 5.02 Å². The molecular weight excluding hydrogens is 364 g/mol. The minimum absolute atomic E-state index is 0.121. The molecular formula is C14H12ClFIN. The molecule has 0 aromatic heterocycles. The molecule has 0 saturated carbocycles. The topological polar surface area (TPSA) is 26.0 Å². The Hall–Kier alpha value is -0.650. The van der Waals surface area contributed by atoms with Gasteiger partial charge in [0.25, 0.3) is 0 Å². The summed E-state index contributed by atoms with van der Waals surface area (Å²) in [5, 5.41) is 0.121. The second-order valence-electron chi connectivity index (χ2n) is 4.08. The zero-order valence-corrected chi connectivity index (χ0v) is 12.5. The molecule has 2 aromatic rings. The average molecular weight is 376 g/mol. The molecule has 0 aliphatic carbocycles. The quantitative estimate of drug-likeness (QED) is 0.794. The van der Waals surface area contributed by atoms with Crippen LogP contribution in [0.1, 0.15) is 17.2 Å². The molecule has 0 heterocycles. The molecule has 0 fully saturated rings. The van der Waals surface area contributed by atoms with Gasteiger partial charge in [-0.15, -0.1) is 0 Å². The number of nitrogens with two attached hydrogens (primary N) is 1. The van der Waals surface area contributed by atoms with E-state index < -0.39 is 5.82 Å². The summed E-state index contributed by atoms with van der Waals surface area (Å²) in [6, 6.07) is 12.5. The molecule has 0 spiro atoms. The first-order chi connectivity index (χ1) is 8.58. The maximum Gasteiger partial charge on any atom is 0.142 e. The Balaban J connectivity index is 2.19. The first kappa shape index (κ1) is 13.8. The normalized spacial score (nSPS) is 12.4. The minimum Gasteiger partial charge on any atom is -0.324 e. The number of hydrogen-bond acceptors (Lipinski definition) is 1. The van der Waals surface area contributed by atoms with Gasteiger partial charge < -0.3 is 5.73 Å². The standard InChI is InChI=1S/C14H12ClFIN/c15-14-11(2-1-3-12(14)16)13(18)8-9-4-6-10(17)7-5-9/h1-7,13H,8,18H2. The lowest BCUT2D eigenvalue weighted by molar-refractivity contribution is 0.619. The summed E-state index contributed by atoms with van der Waals surface area (Å²) in [5.74, 6) is -0.424. The molecule has 0 radical (unpaired) electrons. The van der Waals surface area contributed by atoms with Crippen molar-refractivity contribution in [2.45, 2.75) is 12.5 Å². The van der Waals surface area contributed by atoms with Crippen LogP contribution in [0.5, 0.6) is 0 Å². The third-order valence-corrected chi connectivity index (χ3v) is 3.87. The summed E-state index contributed by atoms with van der Waals surface area (Å²) in [6.07, 6.45) is 0.639. The van der Waals surface area contributed by atoms with Gasteiger partial charge in [0.2, 0.25) is 0 Å².